The van der Waals surface area contributed by atoms with E-state index in [2.05, 4.69) is 17.3 Å². The summed E-state index contributed by atoms with van der Waals surface area (Å²) in [5, 5.41) is 4.13. The predicted octanol–water partition coefficient (Wildman–Crippen LogP) is 2.47. The summed E-state index contributed by atoms with van der Waals surface area (Å²) in [6.07, 6.45) is 1.14. The molecule has 0 amide bonds. The number of rotatable bonds is 5. The molecular weight excluding hydrogens is 236 g/mol. The first-order chi connectivity index (χ1) is 8.27. The lowest BCUT2D eigenvalue weighted by Gasteiger charge is -2.23. The molecule has 1 N–H and O–H groups in total. The number of benzene rings is 1. The molecule has 4 heteroatoms. The number of anilines is 1. The van der Waals surface area contributed by atoms with Crippen LogP contribution in [0, 0.1) is 0 Å². The zero-order valence-corrected chi connectivity index (χ0v) is 10.9. The van der Waals surface area contributed by atoms with Crippen molar-refractivity contribution in [1.29, 1.82) is 0 Å². The van der Waals surface area contributed by atoms with E-state index in [0.717, 1.165) is 43.4 Å². The van der Waals surface area contributed by atoms with Crippen molar-refractivity contribution in [1.82, 2.24) is 4.90 Å². The lowest BCUT2D eigenvalue weighted by Crippen LogP contribution is -2.35. The molecule has 17 heavy (non-hydrogen) atoms. The Hall–Kier alpha value is -0.770. The molecule has 0 spiro atoms. The lowest BCUT2D eigenvalue weighted by molar-refractivity contribution is 0.161. The molecule has 1 aliphatic heterocycles. The first kappa shape index (κ1) is 12.7. The van der Waals surface area contributed by atoms with Crippen molar-refractivity contribution in [2.75, 3.05) is 38.7 Å². The number of nitrogens with one attached hydrogen (secondary N) is 1. The number of ether oxygens (including phenoxy) is 1. The van der Waals surface area contributed by atoms with E-state index in [-0.39, 0.29) is 0 Å². The summed E-state index contributed by atoms with van der Waals surface area (Å²) in [6.45, 7) is 3.66. The Balaban J connectivity index is 1.74. The summed E-state index contributed by atoms with van der Waals surface area (Å²) >= 11 is 6.07. The average molecular weight is 255 g/mol. The first-order valence-corrected chi connectivity index (χ1v) is 6.41. The van der Waals surface area contributed by atoms with E-state index in [4.69, 9.17) is 16.3 Å². The molecule has 2 rings (SSSR count). The van der Waals surface area contributed by atoms with E-state index in [9.17, 15) is 0 Å². The van der Waals surface area contributed by atoms with Gasteiger partial charge in [-0.25, -0.2) is 0 Å². The topological polar surface area (TPSA) is 24.5 Å². The Kier molecular flexibility index (Phi) is 4.66. The van der Waals surface area contributed by atoms with Gasteiger partial charge in [-0.15, -0.1) is 0 Å². The van der Waals surface area contributed by atoms with Gasteiger partial charge in [0.15, 0.2) is 0 Å². The van der Waals surface area contributed by atoms with Crippen LogP contribution in [0.15, 0.2) is 24.3 Å². The third-order valence-corrected chi connectivity index (χ3v) is 3.51. The van der Waals surface area contributed by atoms with Crippen LogP contribution >= 0.6 is 11.6 Å². The molecular formula is C13H19ClN2O. The largest absolute Gasteiger partial charge is 0.383 e. The molecule has 3 nitrogen and oxygen atoms in total. The number of likely N-dealkylation sites (N-methyl/N-ethyl adjacent to an activating group) is 1. The second kappa shape index (κ2) is 6.24. The number of hydrogen-bond donors (Lipinski definition) is 1. The van der Waals surface area contributed by atoms with Gasteiger partial charge in [-0.1, -0.05) is 23.7 Å². The van der Waals surface area contributed by atoms with Crippen LogP contribution in [-0.2, 0) is 4.74 Å². The summed E-state index contributed by atoms with van der Waals surface area (Å²) in [6, 6.07) is 8.40. The van der Waals surface area contributed by atoms with Crippen LogP contribution in [0.5, 0.6) is 0 Å². The van der Waals surface area contributed by atoms with Gasteiger partial charge in [-0.05, 0) is 25.6 Å². The minimum absolute atomic E-state index is 0.572. The molecule has 0 aromatic heterocycles. The number of hydrogen-bond acceptors (Lipinski definition) is 3. The normalized spacial score (nSPS) is 19.8. The number of nitrogens with zero attached hydrogens (tertiary/aromatic N) is 1. The Morgan fingerprint density at radius 3 is 3.00 bits per heavy atom. The van der Waals surface area contributed by atoms with Crippen molar-refractivity contribution in [2.24, 2.45) is 0 Å². The van der Waals surface area contributed by atoms with Crippen molar-refractivity contribution in [2.45, 2.75) is 12.5 Å². The number of halogens is 1. The van der Waals surface area contributed by atoms with Crippen LogP contribution in [0.2, 0.25) is 5.02 Å². The predicted molar refractivity (Wildman–Crippen MR) is 71.8 cm³/mol. The van der Waals surface area contributed by atoms with Crippen molar-refractivity contribution >= 4 is 17.3 Å². The molecule has 0 radical (unpaired) electrons. The van der Waals surface area contributed by atoms with E-state index in [1.165, 1.54) is 0 Å². The van der Waals surface area contributed by atoms with Gasteiger partial charge >= 0.3 is 0 Å². The van der Waals surface area contributed by atoms with Crippen LogP contribution in [0.1, 0.15) is 6.42 Å². The van der Waals surface area contributed by atoms with Crippen LogP contribution in [-0.4, -0.2) is 44.3 Å². The molecule has 1 aliphatic rings. The monoisotopic (exact) mass is 254 g/mol. The third kappa shape index (κ3) is 3.60. The van der Waals surface area contributed by atoms with E-state index in [0.29, 0.717) is 6.04 Å². The van der Waals surface area contributed by atoms with Gasteiger partial charge in [-0.3, -0.25) is 4.90 Å². The van der Waals surface area contributed by atoms with Gasteiger partial charge in [0, 0.05) is 25.7 Å². The Bertz CT molecular complexity index is 353. The van der Waals surface area contributed by atoms with Crippen molar-refractivity contribution < 1.29 is 4.74 Å². The van der Waals surface area contributed by atoms with Crippen LogP contribution in [0.3, 0.4) is 0 Å². The highest BCUT2D eigenvalue weighted by Gasteiger charge is 2.19. The Morgan fingerprint density at radius 2 is 2.29 bits per heavy atom. The van der Waals surface area contributed by atoms with Gasteiger partial charge in [0.25, 0.3) is 0 Å². The van der Waals surface area contributed by atoms with Gasteiger partial charge in [0.2, 0.25) is 0 Å². The van der Waals surface area contributed by atoms with Gasteiger partial charge < -0.3 is 10.1 Å². The molecule has 0 aliphatic carbocycles. The highest BCUT2D eigenvalue weighted by molar-refractivity contribution is 6.33. The molecule has 1 fully saturated rings. The third-order valence-electron chi connectivity index (χ3n) is 3.18. The van der Waals surface area contributed by atoms with E-state index in [1.54, 1.807) is 0 Å². The fraction of sp³-hybridized carbons (Fsp3) is 0.538. The quantitative estimate of drug-likeness (QED) is 0.874. The maximum Gasteiger partial charge on any atom is 0.0637 e. The molecule has 0 saturated carbocycles. The Morgan fingerprint density at radius 1 is 1.47 bits per heavy atom. The Labute approximate surface area is 108 Å². The molecule has 1 atom stereocenters. The second-order valence-electron chi connectivity index (χ2n) is 4.40. The summed E-state index contributed by atoms with van der Waals surface area (Å²) < 4.78 is 5.38. The molecule has 1 heterocycles. The summed E-state index contributed by atoms with van der Waals surface area (Å²) in [5.74, 6) is 0. The van der Waals surface area contributed by atoms with E-state index < -0.39 is 0 Å². The summed E-state index contributed by atoms with van der Waals surface area (Å²) in [7, 11) is 2.15. The first-order valence-electron chi connectivity index (χ1n) is 6.04. The van der Waals surface area contributed by atoms with Crippen LogP contribution < -0.4 is 5.32 Å². The summed E-state index contributed by atoms with van der Waals surface area (Å²) in [5.41, 5.74) is 1.00. The lowest BCUT2D eigenvalue weighted by atomic mass is 10.2. The van der Waals surface area contributed by atoms with Crippen LogP contribution in [0.25, 0.3) is 0 Å². The van der Waals surface area contributed by atoms with Gasteiger partial charge in [-0.2, -0.15) is 0 Å². The fourth-order valence-electron chi connectivity index (χ4n) is 2.02. The second-order valence-corrected chi connectivity index (χ2v) is 4.81. The zero-order chi connectivity index (χ0) is 12.1. The maximum atomic E-state index is 6.07. The van der Waals surface area contributed by atoms with Crippen molar-refractivity contribution in [3.63, 3.8) is 0 Å². The highest BCUT2D eigenvalue weighted by Crippen LogP contribution is 2.20. The molecule has 0 bridgehead atoms. The van der Waals surface area contributed by atoms with Crippen LogP contribution in [0.4, 0.5) is 5.69 Å². The molecule has 1 saturated heterocycles. The maximum absolute atomic E-state index is 6.07. The van der Waals surface area contributed by atoms with Crippen molar-refractivity contribution in [3.05, 3.63) is 29.3 Å². The van der Waals surface area contributed by atoms with Crippen molar-refractivity contribution in [3.8, 4) is 0 Å². The molecule has 1 aromatic carbocycles. The fourth-order valence-corrected chi connectivity index (χ4v) is 2.23. The minimum atomic E-state index is 0.572. The van der Waals surface area contributed by atoms with E-state index >= 15 is 0 Å². The zero-order valence-electron chi connectivity index (χ0n) is 10.2. The SMILES string of the molecule is CN(CCNc1ccccc1Cl)C1CCOC1. The molecule has 1 unspecified atom stereocenters. The molecule has 94 valence electrons. The van der Waals surface area contributed by atoms with Gasteiger partial charge in [0.1, 0.15) is 0 Å². The smallest absolute Gasteiger partial charge is 0.0637 e. The average Bonchev–Trinajstić information content (AvgIpc) is 2.85. The standard InChI is InChI=1S/C13H19ClN2O/c1-16(11-6-9-17-10-11)8-7-15-13-5-3-2-4-12(13)14/h2-5,11,15H,6-10H2,1H3. The number of para-hydroxylation sites is 1. The molecule has 1 aromatic rings. The van der Waals surface area contributed by atoms with E-state index in [1.807, 2.05) is 24.3 Å². The minimum Gasteiger partial charge on any atom is -0.383 e. The van der Waals surface area contributed by atoms with Gasteiger partial charge in [0.05, 0.1) is 17.3 Å². The summed E-state index contributed by atoms with van der Waals surface area (Å²) in [4.78, 5) is 2.34. The highest BCUT2D eigenvalue weighted by atomic mass is 35.5.